The summed E-state index contributed by atoms with van der Waals surface area (Å²) in [5, 5.41) is 22.2. The molecule has 1 atom stereocenters. The maximum Gasteiger partial charge on any atom is 0.326 e. The topological polar surface area (TPSA) is 110 Å². The molecule has 0 aromatic heterocycles. The Morgan fingerprint density at radius 2 is 2.14 bits per heavy atom. The maximum atomic E-state index is 12.0. The van der Waals surface area contributed by atoms with Crippen molar-refractivity contribution in [1.82, 2.24) is 5.32 Å². The number of non-ortho nitro benzene ring substituents is 1. The van der Waals surface area contributed by atoms with Gasteiger partial charge in [-0.15, -0.1) is 0 Å². The number of hydrogen-bond donors (Lipinski definition) is 2. The molecule has 1 amide bonds. The van der Waals surface area contributed by atoms with Gasteiger partial charge < -0.3 is 10.4 Å². The molecule has 0 heterocycles. The number of carboxylic acids is 1. The Labute approximate surface area is 133 Å². The van der Waals surface area contributed by atoms with E-state index in [9.17, 15) is 19.7 Å². The summed E-state index contributed by atoms with van der Waals surface area (Å²) >= 11 is 4.55. The number of rotatable bonds is 7. The lowest BCUT2D eigenvalue weighted by molar-refractivity contribution is -0.385. The number of carbonyl (C=O) groups is 2. The van der Waals surface area contributed by atoms with Crippen LogP contribution >= 0.6 is 27.7 Å². The maximum absolute atomic E-state index is 12.0. The Morgan fingerprint density at radius 1 is 1.48 bits per heavy atom. The first-order valence-electron chi connectivity index (χ1n) is 5.82. The standard InChI is InChI=1S/C12H13BrN2O5S/c1-21-3-2-10(12(17)18)14-11(16)7-4-8(13)6-9(5-7)15(19)20/h4-6,10H,2-3H2,1H3,(H,14,16)(H,17,18). The number of nitro benzene ring substituents is 1. The second kappa shape index (κ2) is 7.99. The van der Waals surface area contributed by atoms with Crippen molar-refractivity contribution in [2.45, 2.75) is 12.5 Å². The van der Waals surface area contributed by atoms with Gasteiger partial charge in [0.2, 0.25) is 0 Å². The number of carbonyl (C=O) groups excluding carboxylic acids is 1. The Kier molecular flexibility index (Phi) is 6.63. The lowest BCUT2D eigenvalue weighted by Crippen LogP contribution is -2.41. The summed E-state index contributed by atoms with van der Waals surface area (Å²) in [5.74, 6) is -1.22. The highest BCUT2D eigenvalue weighted by atomic mass is 79.9. The average molecular weight is 377 g/mol. The third kappa shape index (κ3) is 5.35. The van der Waals surface area contributed by atoms with Gasteiger partial charge in [-0.2, -0.15) is 11.8 Å². The van der Waals surface area contributed by atoms with Gasteiger partial charge >= 0.3 is 5.97 Å². The van der Waals surface area contributed by atoms with E-state index in [1.807, 2.05) is 6.26 Å². The molecule has 7 nitrogen and oxygen atoms in total. The lowest BCUT2D eigenvalue weighted by atomic mass is 10.1. The van der Waals surface area contributed by atoms with Gasteiger partial charge in [-0.1, -0.05) is 15.9 Å². The minimum atomic E-state index is -1.14. The van der Waals surface area contributed by atoms with Gasteiger partial charge in [-0.25, -0.2) is 4.79 Å². The molecule has 0 spiro atoms. The van der Waals surface area contributed by atoms with Gasteiger partial charge in [0.05, 0.1) is 4.92 Å². The third-order valence-electron chi connectivity index (χ3n) is 2.57. The van der Waals surface area contributed by atoms with E-state index in [0.717, 1.165) is 6.07 Å². The van der Waals surface area contributed by atoms with E-state index in [1.54, 1.807) is 0 Å². The van der Waals surface area contributed by atoms with Crippen molar-refractivity contribution in [1.29, 1.82) is 0 Å². The predicted molar refractivity (Wildman–Crippen MR) is 82.7 cm³/mol. The molecule has 0 bridgehead atoms. The predicted octanol–water partition coefficient (Wildman–Crippen LogP) is 2.29. The van der Waals surface area contributed by atoms with Crippen molar-refractivity contribution < 1.29 is 19.6 Å². The number of thioether (sulfide) groups is 1. The monoisotopic (exact) mass is 376 g/mol. The molecule has 0 saturated heterocycles. The average Bonchev–Trinajstić information content (AvgIpc) is 2.42. The summed E-state index contributed by atoms with van der Waals surface area (Å²) in [6.07, 6.45) is 2.11. The fourth-order valence-corrected chi connectivity index (χ4v) is 2.50. The highest BCUT2D eigenvalue weighted by Crippen LogP contribution is 2.21. The molecule has 1 unspecified atom stereocenters. The number of aliphatic carboxylic acids is 1. The Bertz CT molecular complexity index is 567. The minimum Gasteiger partial charge on any atom is -0.480 e. The zero-order chi connectivity index (χ0) is 16.0. The molecule has 0 aliphatic rings. The van der Waals surface area contributed by atoms with Crippen molar-refractivity contribution in [2.75, 3.05) is 12.0 Å². The van der Waals surface area contributed by atoms with Crippen LogP contribution in [0.4, 0.5) is 5.69 Å². The second-order valence-corrected chi connectivity index (χ2v) is 6.00. The van der Waals surface area contributed by atoms with E-state index in [-0.39, 0.29) is 17.7 Å². The van der Waals surface area contributed by atoms with Crippen LogP contribution in [-0.2, 0) is 4.79 Å². The first-order chi connectivity index (χ1) is 9.85. The fourth-order valence-electron chi connectivity index (χ4n) is 1.55. The molecule has 0 aliphatic heterocycles. The lowest BCUT2D eigenvalue weighted by Gasteiger charge is -2.14. The van der Waals surface area contributed by atoms with Crippen molar-refractivity contribution in [3.05, 3.63) is 38.3 Å². The van der Waals surface area contributed by atoms with Crippen LogP contribution in [0.1, 0.15) is 16.8 Å². The molecule has 114 valence electrons. The van der Waals surface area contributed by atoms with Crippen LogP contribution in [0.3, 0.4) is 0 Å². The van der Waals surface area contributed by atoms with Crippen LogP contribution in [0.15, 0.2) is 22.7 Å². The summed E-state index contributed by atoms with van der Waals surface area (Å²) in [6.45, 7) is 0. The summed E-state index contributed by atoms with van der Waals surface area (Å²) in [5.41, 5.74) is -0.211. The van der Waals surface area contributed by atoms with Gasteiger partial charge in [0.25, 0.3) is 11.6 Å². The van der Waals surface area contributed by atoms with E-state index in [2.05, 4.69) is 21.2 Å². The molecule has 21 heavy (non-hydrogen) atoms. The van der Waals surface area contributed by atoms with E-state index in [4.69, 9.17) is 5.11 Å². The summed E-state index contributed by atoms with van der Waals surface area (Å²) in [7, 11) is 0. The molecular formula is C12H13BrN2O5S. The largest absolute Gasteiger partial charge is 0.480 e. The van der Waals surface area contributed by atoms with Crippen molar-refractivity contribution >= 4 is 45.3 Å². The summed E-state index contributed by atoms with van der Waals surface area (Å²) in [4.78, 5) is 33.2. The van der Waals surface area contributed by atoms with Crippen LogP contribution in [-0.4, -0.2) is 40.0 Å². The molecule has 1 rings (SSSR count). The smallest absolute Gasteiger partial charge is 0.326 e. The number of nitrogens with zero attached hydrogens (tertiary/aromatic N) is 1. The number of benzene rings is 1. The molecule has 1 aromatic rings. The van der Waals surface area contributed by atoms with Crippen molar-refractivity contribution in [2.24, 2.45) is 0 Å². The van der Waals surface area contributed by atoms with E-state index in [0.29, 0.717) is 10.2 Å². The molecular weight excluding hydrogens is 364 g/mol. The number of hydrogen-bond acceptors (Lipinski definition) is 5. The van der Waals surface area contributed by atoms with Gasteiger partial charge in [0.15, 0.2) is 0 Å². The fraction of sp³-hybridized carbons (Fsp3) is 0.333. The number of amides is 1. The molecule has 0 aliphatic carbocycles. The Hall–Kier alpha value is -1.61. The minimum absolute atomic E-state index is 0.0338. The quantitative estimate of drug-likeness (QED) is 0.557. The number of nitrogens with one attached hydrogen (secondary N) is 1. The third-order valence-corrected chi connectivity index (χ3v) is 3.67. The van der Waals surface area contributed by atoms with Gasteiger partial charge in [0.1, 0.15) is 6.04 Å². The van der Waals surface area contributed by atoms with Gasteiger partial charge in [0, 0.05) is 22.2 Å². The van der Waals surface area contributed by atoms with Crippen LogP contribution in [0, 0.1) is 10.1 Å². The number of nitro groups is 1. The normalized spacial score (nSPS) is 11.7. The molecule has 1 aromatic carbocycles. The second-order valence-electron chi connectivity index (χ2n) is 4.10. The molecule has 9 heteroatoms. The van der Waals surface area contributed by atoms with E-state index >= 15 is 0 Å². The molecule has 0 saturated carbocycles. The molecule has 0 radical (unpaired) electrons. The first kappa shape index (κ1) is 17.4. The van der Waals surface area contributed by atoms with Crippen molar-refractivity contribution in [3.8, 4) is 0 Å². The van der Waals surface area contributed by atoms with E-state index < -0.39 is 22.8 Å². The van der Waals surface area contributed by atoms with Crippen LogP contribution in [0.2, 0.25) is 0 Å². The number of carboxylic acid groups (broad SMARTS) is 1. The highest BCUT2D eigenvalue weighted by molar-refractivity contribution is 9.10. The molecule has 2 N–H and O–H groups in total. The van der Waals surface area contributed by atoms with Crippen LogP contribution in [0.5, 0.6) is 0 Å². The Morgan fingerprint density at radius 3 is 2.67 bits per heavy atom. The number of halogens is 1. The summed E-state index contributed by atoms with van der Waals surface area (Å²) in [6, 6.07) is 2.74. The highest BCUT2D eigenvalue weighted by Gasteiger charge is 2.21. The SMILES string of the molecule is CSCCC(NC(=O)c1cc(Br)cc([N+](=O)[O-])c1)C(=O)O. The zero-order valence-corrected chi connectivity index (χ0v) is 13.4. The summed E-state index contributed by atoms with van der Waals surface area (Å²) < 4.78 is 0.373. The van der Waals surface area contributed by atoms with E-state index in [1.165, 1.54) is 23.9 Å². The zero-order valence-electron chi connectivity index (χ0n) is 11.0. The Balaban J connectivity index is 2.92. The molecule has 0 fully saturated rings. The van der Waals surface area contributed by atoms with Crippen molar-refractivity contribution in [3.63, 3.8) is 0 Å². The van der Waals surface area contributed by atoms with Gasteiger partial charge in [-0.05, 0) is 24.5 Å². The van der Waals surface area contributed by atoms with Gasteiger partial charge in [-0.3, -0.25) is 14.9 Å². The first-order valence-corrected chi connectivity index (χ1v) is 8.01. The van der Waals surface area contributed by atoms with Crippen LogP contribution < -0.4 is 5.32 Å². The van der Waals surface area contributed by atoms with Crippen LogP contribution in [0.25, 0.3) is 0 Å².